The Balaban J connectivity index is 1.78. The molecule has 0 fully saturated rings. The molecule has 6 nitrogen and oxygen atoms in total. The average molecular weight is 345 g/mol. The highest BCUT2D eigenvalue weighted by atomic mass is 32.1. The van der Waals surface area contributed by atoms with Crippen LogP contribution >= 0.6 is 12.2 Å². The lowest BCUT2D eigenvalue weighted by Gasteiger charge is -2.12. The van der Waals surface area contributed by atoms with E-state index >= 15 is 0 Å². The van der Waals surface area contributed by atoms with E-state index in [0.717, 1.165) is 17.0 Å². The minimum absolute atomic E-state index is 0.206. The first-order valence-corrected chi connectivity index (χ1v) is 7.64. The van der Waals surface area contributed by atoms with Crippen LogP contribution < -0.4 is 25.6 Å². The maximum Gasteiger partial charge on any atom is 0.242 e. The molecule has 0 radical (unpaired) electrons. The van der Waals surface area contributed by atoms with E-state index in [2.05, 4.69) is 16.2 Å². The number of carbonyl (C=O) groups is 1. The summed E-state index contributed by atoms with van der Waals surface area (Å²) < 4.78 is 10.2. The van der Waals surface area contributed by atoms with Gasteiger partial charge in [-0.25, -0.2) is 0 Å². The molecule has 126 valence electrons. The van der Waals surface area contributed by atoms with Crippen molar-refractivity contribution in [3.63, 3.8) is 0 Å². The van der Waals surface area contributed by atoms with Gasteiger partial charge in [0.15, 0.2) is 5.11 Å². The Kier molecular flexibility index (Phi) is 6.39. The number of anilines is 1. The van der Waals surface area contributed by atoms with Crippen molar-refractivity contribution in [1.29, 1.82) is 0 Å². The first kappa shape index (κ1) is 17.6. The number of thiocarbonyl (C=S) groups is 1. The monoisotopic (exact) mass is 345 g/mol. The molecule has 0 aliphatic heterocycles. The Morgan fingerprint density at radius 3 is 2.38 bits per heavy atom. The van der Waals surface area contributed by atoms with Crippen molar-refractivity contribution < 1.29 is 14.3 Å². The number of nitrogens with one attached hydrogen (secondary N) is 3. The molecular formula is C17H19N3O3S. The van der Waals surface area contributed by atoms with Crippen molar-refractivity contribution in [1.82, 2.24) is 10.9 Å². The zero-order chi connectivity index (χ0) is 17.4. The Morgan fingerprint density at radius 1 is 1.00 bits per heavy atom. The van der Waals surface area contributed by atoms with Crippen molar-refractivity contribution in [3.05, 3.63) is 54.1 Å². The highest BCUT2D eigenvalue weighted by molar-refractivity contribution is 7.80. The molecule has 0 atom stereocenters. The van der Waals surface area contributed by atoms with E-state index in [0.29, 0.717) is 10.9 Å². The Hall–Kier alpha value is -2.80. The third kappa shape index (κ3) is 5.44. The lowest BCUT2D eigenvalue weighted by Crippen LogP contribution is -2.44. The summed E-state index contributed by atoms with van der Waals surface area (Å²) in [5.74, 6) is 1.26. The standard InChI is InChI=1S/C17H19N3O3S/c1-22-14-8-6-13(7-9-14)18-17(24)20-19-16(21)11-12-4-3-5-15(10-12)23-2/h3-10H,11H2,1-2H3,(H,19,21)(H2,18,20,24). The molecule has 0 aliphatic carbocycles. The summed E-state index contributed by atoms with van der Waals surface area (Å²) in [5, 5.41) is 3.25. The van der Waals surface area contributed by atoms with Gasteiger partial charge in [-0.1, -0.05) is 12.1 Å². The molecule has 0 saturated carbocycles. The third-order valence-electron chi connectivity index (χ3n) is 3.16. The molecule has 2 aromatic carbocycles. The van der Waals surface area contributed by atoms with E-state index in [4.69, 9.17) is 21.7 Å². The normalized spacial score (nSPS) is 9.75. The maximum atomic E-state index is 11.9. The summed E-state index contributed by atoms with van der Waals surface area (Å²) in [6, 6.07) is 14.6. The van der Waals surface area contributed by atoms with Crippen molar-refractivity contribution >= 4 is 28.9 Å². The molecule has 0 aliphatic rings. The number of ether oxygens (including phenoxy) is 2. The zero-order valence-corrected chi connectivity index (χ0v) is 14.3. The summed E-state index contributed by atoms with van der Waals surface area (Å²) in [6.07, 6.45) is 0.218. The van der Waals surface area contributed by atoms with Gasteiger partial charge in [-0.2, -0.15) is 0 Å². The molecule has 0 saturated heterocycles. The van der Waals surface area contributed by atoms with Gasteiger partial charge in [0.25, 0.3) is 0 Å². The fourth-order valence-electron chi connectivity index (χ4n) is 1.98. The van der Waals surface area contributed by atoms with Gasteiger partial charge in [-0.05, 0) is 54.2 Å². The van der Waals surface area contributed by atoms with Crippen LogP contribution in [-0.4, -0.2) is 25.2 Å². The smallest absolute Gasteiger partial charge is 0.242 e. The first-order chi connectivity index (χ1) is 11.6. The van der Waals surface area contributed by atoms with Crippen LogP contribution in [0, 0.1) is 0 Å². The van der Waals surface area contributed by atoms with Crippen molar-refractivity contribution in [2.75, 3.05) is 19.5 Å². The van der Waals surface area contributed by atoms with Gasteiger partial charge in [0, 0.05) is 5.69 Å². The van der Waals surface area contributed by atoms with Crippen LogP contribution in [0.15, 0.2) is 48.5 Å². The van der Waals surface area contributed by atoms with Crippen LogP contribution in [0.5, 0.6) is 11.5 Å². The zero-order valence-electron chi connectivity index (χ0n) is 13.5. The molecule has 7 heteroatoms. The summed E-state index contributed by atoms with van der Waals surface area (Å²) >= 11 is 5.13. The van der Waals surface area contributed by atoms with Crippen LogP contribution in [-0.2, 0) is 11.2 Å². The fraction of sp³-hybridized carbons (Fsp3) is 0.176. The summed E-state index contributed by atoms with van der Waals surface area (Å²) in [6.45, 7) is 0. The van der Waals surface area contributed by atoms with Gasteiger partial charge in [0.05, 0.1) is 20.6 Å². The second-order valence-corrected chi connectivity index (χ2v) is 5.29. The van der Waals surface area contributed by atoms with Crippen LogP contribution in [0.1, 0.15) is 5.56 Å². The van der Waals surface area contributed by atoms with Crippen LogP contribution in [0.3, 0.4) is 0 Å². The number of benzene rings is 2. The molecule has 0 heterocycles. The summed E-state index contributed by atoms with van der Waals surface area (Å²) in [5.41, 5.74) is 6.86. The molecule has 0 bridgehead atoms. The third-order valence-corrected chi connectivity index (χ3v) is 3.37. The molecular weight excluding hydrogens is 326 g/mol. The summed E-state index contributed by atoms with van der Waals surface area (Å²) in [4.78, 5) is 11.9. The number of hydrazine groups is 1. The van der Waals surface area contributed by atoms with Gasteiger partial charge < -0.3 is 14.8 Å². The van der Waals surface area contributed by atoms with E-state index in [1.165, 1.54) is 0 Å². The molecule has 2 rings (SSSR count). The Labute approximate surface area is 146 Å². The van der Waals surface area contributed by atoms with Crippen molar-refractivity contribution in [3.8, 4) is 11.5 Å². The van der Waals surface area contributed by atoms with Crippen molar-refractivity contribution in [2.24, 2.45) is 0 Å². The van der Waals surface area contributed by atoms with Gasteiger partial charge in [0.1, 0.15) is 11.5 Å². The van der Waals surface area contributed by atoms with Crippen molar-refractivity contribution in [2.45, 2.75) is 6.42 Å². The number of methoxy groups -OCH3 is 2. The molecule has 2 aromatic rings. The molecule has 3 N–H and O–H groups in total. The van der Waals surface area contributed by atoms with Gasteiger partial charge in [0.2, 0.25) is 5.91 Å². The predicted octanol–water partition coefficient (Wildman–Crippen LogP) is 2.26. The van der Waals surface area contributed by atoms with Crippen LogP contribution in [0.4, 0.5) is 5.69 Å². The minimum Gasteiger partial charge on any atom is -0.497 e. The average Bonchev–Trinajstić information content (AvgIpc) is 2.61. The van der Waals surface area contributed by atoms with E-state index in [1.807, 2.05) is 48.5 Å². The van der Waals surface area contributed by atoms with E-state index in [1.54, 1.807) is 14.2 Å². The quantitative estimate of drug-likeness (QED) is 0.570. The molecule has 0 aromatic heterocycles. The number of rotatable bonds is 5. The molecule has 24 heavy (non-hydrogen) atoms. The van der Waals surface area contributed by atoms with E-state index in [-0.39, 0.29) is 12.3 Å². The molecule has 0 spiro atoms. The fourth-order valence-corrected chi connectivity index (χ4v) is 2.14. The van der Waals surface area contributed by atoms with Gasteiger partial charge >= 0.3 is 0 Å². The van der Waals surface area contributed by atoms with Gasteiger partial charge in [-0.15, -0.1) is 0 Å². The number of hydrogen-bond acceptors (Lipinski definition) is 4. The Morgan fingerprint density at radius 2 is 1.71 bits per heavy atom. The SMILES string of the molecule is COc1ccc(NC(=S)NNC(=O)Cc2cccc(OC)c2)cc1. The highest BCUT2D eigenvalue weighted by Crippen LogP contribution is 2.15. The van der Waals surface area contributed by atoms with E-state index in [9.17, 15) is 4.79 Å². The topological polar surface area (TPSA) is 71.6 Å². The number of carbonyl (C=O) groups excluding carboxylic acids is 1. The van der Waals surface area contributed by atoms with E-state index < -0.39 is 0 Å². The largest absolute Gasteiger partial charge is 0.497 e. The summed E-state index contributed by atoms with van der Waals surface area (Å²) in [7, 11) is 3.19. The minimum atomic E-state index is -0.206. The highest BCUT2D eigenvalue weighted by Gasteiger charge is 2.05. The first-order valence-electron chi connectivity index (χ1n) is 7.23. The number of amides is 1. The van der Waals surface area contributed by atoms with Crippen LogP contribution in [0.25, 0.3) is 0 Å². The molecule has 0 unspecified atom stereocenters. The second kappa shape index (κ2) is 8.73. The second-order valence-electron chi connectivity index (χ2n) is 4.88. The lowest BCUT2D eigenvalue weighted by molar-refractivity contribution is -0.120. The number of hydrogen-bond donors (Lipinski definition) is 3. The Bertz CT molecular complexity index is 704. The lowest BCUT2D eigenvalue weighted by atomic mass is 10.1. The van der Waals surface area contributed by atoms with Crippen LogP contribution in [0.2, 0.25) is 0 Å². The predicted molar refractivity (Wildman–Crippen MR) is 97.2 cm³/mol. The molecule has 1 amide bonds. The maximum absolute atomic E-state index is 11.9. The van der Waals surface area contributed by atoms with Gasteiger partial charge in [-0.3, -0.25) is 15.6 Å².